The van der Waals surface area contributed by atoms with Crippen molar-refractivity contribution in [2.24, 2.45) is 0 Å². The third-order valence-electron chi connectivity index (χ3n) is 9.23. The van der Waals surface area contributed by atoms with Gasteiger partial charge in [-0.05, 0) is 109 Å². The van der Waals surface area contributed by atoms with Crippen LogP contribution in [0, 0.1) is 0 Å². The number of likely N-dealkylation sites (tertiary alicyclic amines) is 2. The summed E-state index contributed by atoms with van der Waals surface area (Å²) in [5, 5.41) is 0. The maximum atomic E-state index is 13.6. The van der Waals surface area contributed by atoms with Crippen molar-refractivity contribution in [3.8, 4) is 0 Å². The largest absolute Gasteiger partial charge is 0.292 e. The maximum Gasteiger partial charge on any atom is 0.233 e. The van der Waals surface area contributed by atoms with E-state index in [1.165, 1.54) is 12.8 Å². The van der Waals surface area contributed by atoms with Gasteiger partial charge in [-0.3, -0.25) is 29.0 Å². The van der Waals surface area contributed by atoms with E-state index in [-0.39, 0.29) is 22.7 Å². The molecule has 2 aromatic rings. The topological polar surface area (TPSA) is 74.8 Å². The lowest BCUT2D eigenvalue weighted by Crippen LogP contribution is -2.52. The number of carbonyl (C=O) groups is 4. The lowest BCUT2D eigenvalue weighted by Gasteiger charge is -2.39. The summed E-state index contributed by atoms with van der Waals surface area (Å²) >= 11 is 0. The Morgan fingerprint density at radius 3 is 1.31 bits per heavy atom. The quantitative estimate of drug-likeness (QED) is 0.362. The molecule has 0 N–H and O–H groups in total. The van der Waals surface area contributed by atoms with E-state index in [4.69, 9.17) is 0 Å². The van der Waals surface area contributed by atoms with E-state index in [9.17, 15) is 19.2 Å². The van der Waals surface area contributed by atoms with Gasteiger partial charge in [-0.25, -0.2) is 0 Å². The van der Waals surface area contributed by atoms with E-state index in [2.05, 4.69) is 9.80 Å². The Morgan fingerprint density at radius 2 is 0.949 bits per heavy atom. The molecule has 0 aromatic heterocycles. The molecule has 2 aliphatic heterocycles. The highest BCUT2D eigenvalue weighted by Gasteiger charge is 2.38. The standard InChI is InChI=1S/C33H40N2O4/c1-32(2,34-15-7-5-8-16-34)30(38)24-13-11-22-19-23-12-14-25(21-27(23)29(37)28(36)26(22)20-24)31(39)33(3,4)35-17-9-6-10-18-35/h11-14,20-21H,5-10,15-19H2,1-4H3. The second kappa shape index (κ2) is 10.5. The van der Waals surface area contributed by atoms with E-state index >= 15 is 0 Å². The van der Waals surface area contributed by atoms with E-state index < -0.39 is 22.6 Å². The second-order valence-corrected chi connectivity index (χ2v) is 12.5. The monoisotopic (exact) mass is 528 g/mol. The van der Waals surface area contributed by atoms with Crippen molar-refractivity contribution in [3.63, 3.8) is 0 Å². The molecular weight excluding hydrogens is 488 g/mol. The third kappa shape index (κ3) is 5.05. The molecule has 2 aromatic carbocycles. The van der Waals surface area contributed by atoms with Gasteiger partial charge in [0.25, 0.3) is 0 Å². The molecule has 0 atom stereocenters. The average Bonchev–Trinajstić information content (AvgIpc) is 3.06. The fourth-order valence-electron chi connectivity index (χ4n) is 6.52. The van der Waals surface area contributed by atoms with Crippen LogP contribution in [-0.4, -0.2) is 70.2 Å². The lowest BCUT2D eigenvalue weighted by molar-refractivity contribution is 0.0576. The van der Waals surface area contributed by atoms with E-state index in [1.807, 2.05) is 39.8 Å². The lowest BCUT2D eigenvalue weighted by atomic mass is 9.87. The number of rotatable bonds is 6. The van der Waals surface area contributed by atoms with Crippen LogP contribution in [0.5, 0.6) is 0 Å². The van der Waals surface area contributed by atoms with Gasteiger partial charge in [0.2, 0.25) is 11.6 Å². The molecule has 39 heavy (non-hydrogen) atoms. The van der Waals surface area contributed by atoms with Crippen LogP contribution in [0.15, 0.2) is 36.4 Å². The van der Waals surface area contributed by atoms with Crippen LogP contribution in [-0.2, 0) is 6.42 Å². The molecule has 0 saturated carbocycles. The van der Waals surface area contributed by atoms with Crippen molar-refractivity contribution in [2.75, 3.05) is 26.2 Å². The molecule has 0 unspecified atom stereocenters. The first kappa shape index (κ1) is 27.6. The number of nitrogens with zero attached hydrogens (tertiary/aromatic N) is 2. The molecule has 5 rings (SSSR count). The van der Waals surface area contributed by atoms with Gasteiger partial charge in [0.1, 0.15) is 0 Å². The van der Waals surface area contributed by atoms with Crippen LogP contribution < -0.4 is 0 Å². The third-order valence-corrected chi connectivity index (χ3v) is 9.23. The number of benzene rings is 2. The fraction of sp³-hybridized carbons (Fsp3) is 0.515. The van der Waals surface area contributed by atoms with Gasteiger partial charge in [-0.1, -0.05) is 37.1 Å². The first-order valence-electron chi connectivity index (χ1n) is 14.5. The Labute approximate surface area is 231 Å². The van der Waals surface area contributed by atoms with Crippen LogP contribution >= 0.6 is 0 Å². The Morgan fingerprint density at radius 1 is 0.590 bits per heavy atom. The number of carbonyl (C=O) groups excluding carboxylic acids is 4. The summed E-state index contributed by atoms with van der Waals surface area (Å²) in [6, 6.07) is 10.4. The summed E-state index contributed by atoms with van der Waals surface area (Å²) in [6.07, 6.45) is 7.06. The molecule has 2 heterocycles. The summed E-state index contributed by atoms with van der Waals surface area (Å²) in [4.78, 5) is 58.6. The Bertz CT molecular complexity index is 1230. The van der Waals surface area contributed by atoms with Gasteiger partial charge in [-0.15, -0.1) is 0 Å². The molecule has 6 heteroatoms. The summed E-state index contributed by atoms with van der Waals surface area (Å²) in [7, 11) is 0. The zero-order valence-electron chi connectivity index (χ0n) is 23.8. The minimum Gasteiger partial charge on any atom is -0.292 e. The Balaban J connectivity index is 1.43. The normalized spacial score (nSPS) is 19.3. The summed E-state index contributed by atoms with van der Waals surface area (Å²) in [6.45, 7) is 11.3. The van der Waals surface area contributed by atoms with Gasteiger partial charge in [0.05, 0.1) is 11.1 Å². The molecule has 0 amide bonds. The smallest absolute Gasteiger partial charge is 0.233 e. The van der Waals surface area contributed by atoms with Crippen molar-refractivity contribution in [2.45, 2.75) is 83.7 Å². The van der Waals surface area contributed by atoms with Gasteiger partial charge in [0.15, 0.2) is 11.6 Å². The highest BCUT2D eigenvalue weighted by molar-refractivity contribution is 6.50. The minimum absolute atomic E-state index is 0.0398. The van der Waals surface area contributed by atoms with Crippen LogP contribution in [0.3, 0.4) is 0 Å². The van der Waals surface area contributed by atoms with Crippen LogP contribution in [0.25, 0.3) is 0 Å². The van der Waals surface area contributed by atoms with Crippen LogP contribution in [0.4, 0.5) is 0 Å². The van der Waals surface area contributed by atoms with Crippen molar-refractivity contribution in [1.29, 1.82) is 0 Å². The second-order valence-electron chi connectivity index (χ2n) is 12.5. The SMILES string of the molecule is CC(C)(C(=O)c1ccc2c(c1)C(=O)C(=O)c1cc(C(=O)C(C)(C)N3CCCCC3)ccc1C2)N1CCCCC1. The number of fused-ring (bicyclic) bond motifs is 2. The average molecular weight is 529 g/mol. The van der Waals surface area contributed by atoms with Gasteiger partial charge < -0.3 is 0 Å². The number of hydrogen-bond donors (Lipinski definition) is 0. The summed E-state index contributed by atoms with van der Waals surface area (Å²) in [5.74, 6) is -1.31. The molecule has 3 aliphatic rings. The number of ketones is 4. The predicted molar refractivity (Wildman–Crippen MR) is 152 cm³/mol. The van der Waals surface area contributed by atoms with Crippen LogP contribution in [0.1, 0.15) is 119 Å². The number of Topliss-reactive ketones (excluding diaryl/α,β-unsaturated/α-hetero) is 4. The zero-order chi connectivity index (χ0) is 27.9. The summed E-state index contributed by atoms with van der Waals surface area (Å²) < 4.78 is 0. The molecule has 1 aliphatic carbocycles. The molecule has 2 saturated heterocycles. The Hall–Kier alpha value is -2.96. The van der Waals surface area contributed by atoms with Crippen molar-refractivity contribution in [1.82, 2.24) is 9.80 Å². The molecular formula is C33H40N2O4. The van der Waals surface area contributed by atoms with Crippen LogP contribution in [0.2, 0.25) is 0 Å². The molecule has 0 spiro atoms. The highest BCUT2D eigenvalue weighted by Crippen LogP contribution is 2.31. The number of hydrogen-bond acceptors (Lipinski definition) is 6. The van der Waals surface area contributed by atoms with E-state index in [1.54, 1.807) is 24.3 Å². The van der Waals surface area contributed by atoms with Crippen molar-refractivity contribution < 1.29 is 19.2 Å². The number of piperidine rings is 2. The molecule has 206 valence electrons. The van der Waals surface area contributed by atoms with Gasteiger partial charge in [0, 0.05) is 22.3 Å². The zero-order valence-corrected chi connectivity index (χ0v) is 23.8. The van der Waals surface area contributed by atoms with Gasteiger partial charge in [-0.2, -0.15) is 0 Å². The van der Waals surface area contributed by atoms with E-state index in [0.29, 0.717) is 17.5 Å². The molecule has 2 fully saturated rings. The predicted octanol–water partition coefficient (Wildman–Crippen LogP) is 5.55. The Kier molecular flexibility index (Phi) is 7.47. The fourth-order valence-corrected chi connectivity index (χ4v) is 6.52. The molecule has 0 bridgehead atoms. The van der Waals surface area contributed by atoms with Gasteiger partial charge >= 0.3 is 0 Å². The highest BCUT2D eigenvalue weighted by atomic mass is 16.2. The van der Waals surface area contributed by atoms with Crippen molar-refractivity contribution in [3.05, 3.63) is 69.8 Å². The minimum atomic E-state index is -0.689. The maximum absolute atomic E-state index is 13.6. The van der Waals surface area contributed by atoms with E-state index in [0.717, 1.165) is 63.0 Å². The molecule has 6 nitrogen and oxygen atoms in total. The summed E-state index contributed by atoms with van der Waals surface area (Å²) in [5.41, 5.74) is 1.57. The molecule has 0 radical (unpaired) electrons. The first-order chi connectivity index (χ1) is 18.5. The first-order valence-corrected chi connectivity index (χ1v) is 14.5. The van der Waals surface area contributed by atoms with Crippen molar-refractivity contribution >= 4 is 23.1 Å².